The number of hydrogen-bond donors (Lipinski definition) is 1. The standard InChI is InChI=1S/C20H23N7O2/c1-13-4-6-16(10-21-13)22-19(28)15-5-7-17-23-24-18(27(17)12-15)14-8-9-26(11-14)20(29)25(2)3/h4-7,10,12,14H,8-9,11H2,1-3H3,(H,22,28)/t14-/m0/s1. The molecule has 0 spiro atoms. The van der Waals surface area contributed by atoms with E-state index < -0.39 is 0 Å². The van der Waals surface area contributed by atoms with Crippen molar-refractivity contribution < 1.29 is 9.59 Å². The Morgan fingerprint density at radius 2 is 2.00 bits per heavy atom. The number of likely N-dealkylation sites (tertiary alicyclic amines) is 1. The Kier molecular flexibility index (Phi) is 4.87. The van der Waals surface area contributed by atoms with Crippen molar-refractivity contribution in [3.63, 3.8) is 0 Å². The molecule has 3 aromatic rings. The summed E-state index contributed by atoms with van der Waals surface area (Å²) in [6.07, 6.45) is 4.19. The van der Waals surface area contributed by atoms with Gasteiger partial charge in [-0.25, -0.2) is 4.79 Å². The van der Waals surface area contributed by atoms with Crippen molar-refractivity contribution in [3.05, 3.63) is 53.7 Å². The molecule has 0 saturated carbocycles. The number of nitrogens with zero attached hydrogens (tertiary/aromatic N) is 6. The zero-order valence-corrected chi connectivity index (χ0v) is 16.7. The largest absolute Gasteiger partial charge is 0.331 e. The minimum atomic E-state index is -0.229. The van der Waals surface area contributed by atoms with E-state index >= 15 is 0 Å². The van der Waals surface area contributed by atoms with Gasteiger partial charge in [-0.3, -0.25) is 14.2 Å². The van der Waals surface area contributed by atoms with Crippen LogP contribution in [0.5, 0.6) is 0 Å². The van der Waals surface area contributed by atoms with Gasteiger partial charge in [-0.2, -0.15) is 0 Å². The SMILES string of the molecule is Cc1ccc(NC(=O)c2ccc3nnc([C@H]4CCN(C(=O)N(C)C)C4)n3c2)cn1. The second-order valence-electron chi connectivity index (χ2n) is 7.46. The Morgan fingerprint density at radius 1 is 1.17 bits per heavy atom. The number of amides is 3. The maximum atomic E-state index is 12.7. The molecule has 3 amide bonds. The lowest BCUT2D eigenvalue weighted by Gasteiger charge is -2.21. The van der Waals surface area contributed by atoms with Gasteiger partial charge in [-0.1, -0.05) is 0 Å². The van der Waals surface area contributed by atoms with Crippen molar-refractivity contribution in [3.8, 4) is 0 Å². The molecule has 1 N–H and O–H groups in total. The second kappa shape index (κ2) is 7.50. The molecule has 9 nitrogen and oxygen atoms in total. The summed E-state index contributed by atoms with van der Waals surface area (Å²) >= 11 is 0. The topological polar surface area (TPSA) is 95.7 Å². The summed E-state index contributed by atoms with van der Waals surface area (Å²) < 4.78 is 1.84. The molecule has 4 heterocycles. The Hall–Kier alpha value is -3.49. The molecular weight excluding hydrogens is 370 g/mol. The Morgan fingerprint density at radius 3 is 2.72 bits per heavy atom. The van der Waals surface area contributed by atoms with Crippen LogP contribution in [0.2, 0.25) is 0 Å². The average molecular weight is 393 g/mol. The molecule has 29 heavy (non-hydrogen) atoms. The van der Waals surface area contributed by atoms with E-state index in [2.05, 4.69) is 20.5 Å². The normalized spacial score (nSPS) is 16.2. The summed E-state index contributed by atoms with van der Waals surface area (Å²) in [5.41, 5.74) is 2.69. The Balaban J connectivity index is 1.56. The Bertz CT molecular complexity index is 1060. The number of rotatable bonds is 3. The highest BCUT2D eigenvalue weighted by molar-refractivity contribution is 6.04. The summed E-state index contributed by atoms with van der Waals surface area (Å²) in [5, 5.41) is 11.4. The van der Waals surface area contributed by atoms with Gasteiger partial charge in [0, 0.05) is 45.0 Å². The minimum absolute atomic E-state index is 0.00639. The predicted molar refractivity (Wildman–Crippen MR) is 108 cm³/mol. The van der Waals surface area contributed by atoms with Gasteiger partial charge in [-0.05, 0) is 37.6 Å². The zero-order valence-electron chi connectivity index (χ0n) is 16.7. The molecule has 0 unspecified atom stereocenters. The first-order chi connectivity index (χ1) is 13.9. The predicted octanol–water partition coefficient (Wildman–Crippen LogP) is 2.16. The van der Waals surface area contributed by atoms with Crippen molar-refractivity contribution in [1.82, 2.24) is 29.4 Å². The van der Waals surface area contributed by atoms with E-state index in [-0.39, 0.29) is 17.9 Å². The molecule has 1 atom stereocenters. The highest BCUT2D eigenvalue weighted by atomic mass is 16.2. The van der Waals surface area contributed by atoms with Crippen molar-refractivity contribution in [2.75, 3.05) is 32.5 Å². The number of pyridine rings is 2. The number of hydrogen-bond acceptors (Lipinski definition) is 5. The summed E-state index contributed by atoms with van der Waals surface area (Å²) in [7, 11) is 3.49. The summed E-state index contributed by atoms with van der Waals surface area (Å²) in [5.74, 6) is 0.613. The quantitative estimate of drug-likeness (QED) is 0.736. The van der Waals surface area contributed by atoms with Gasteiger partial charge in [0.2, 0.25) is 0 Å². The molecule has 150 valence electrons. The zero-order chi connectivity index (χ0) is 20.5. The number of anilines is 1. The number of urea groups is 1. The molecule has 1 fully saturated rings. The molecule has 3 aromatic heterocycles. The van der Waals surface area contributed by atoms with Crippen LogP contribution >= 0.6 is 0 Å². The number of nitrogens with one attached hydrogen (secondary N) is 1. The molecule has 0 bridgehead atoms. The van der Waals surface area contributed by atoms with Crippen molar-refractivity contribution in [1.29, 1.82) is 0 Å². The number of carbonyl (C=O) groups excluding carboxylic acids is 2. The molecule has 1 aliphatic rings. The maximum absolute atomic E-state index is 12.7. The van der Waals surface area contributed by atoms with Crippen LogP contribution in [-0.4, -0.2) is 68.5 Å². The van der Waals surface area contributed by atoms with Crippen molar-refractivity contribution >= 4 is 23.3 Å². The van der Waals surface area contributed by atoms with Crippen LogP contribution in [0, 0.1) is 6.92 Å². The monoisotopic (exact) mass is 393 g/mol. The fourth-order valence-corrected chi connectivity index (χ4v) is 3.49. The van der Waals surface area contributed by atoms with Crippen LogP contribution in [0.25, 0.3) is 5.65 Å². The van der Waals surface area contributed by atoms with E-state index in [0.717, 1.165) is 17.9 Å². The number of carbonyl (C=O) groups is 2. The molecule has 0 aliphatic carbocycles. The molecule has 9 heteroatoms. The van der Waals surface area contributed by atoms with E-state index in [1.807, 2.05) is 28.4 Å². The van der Waals surface area contributed by atoms with E-state index in [0.29, 0.717) is 30.0 Å². The van der Waals surface area contributed by atoms with Gasteiger partial charge < -0.3 is 15.1 Å². The smallest absolute Gasteiger partial charge is 0.319 e. The maximum Gasteiger partial charge on any atom is 0.319 e. The third-order valence-electron chi connectivity index (χ3n) is 5.07. The highest BCUT2D eigenvalue weighted by Gasteiger charge is 2.31. The van der Waals surface area contributed by atoms with E-state index in [1.165, 1.54) is 0 Å². The fraction of sp³-hybridized carbons (Fsp3) is 0.350. The first-order valence-corrected chi connectivity index (χ1v) is 9.47. The van der Waals surface area contributed by atoms with Crippen LogP contribution in [-0.2, 0) is 0 Å². The molecule has 0 radical (unpaired) electrons. The highest BCUT2D eigenvalue weighted by Crippen LogP contribution is 2.27. The van der Waals surface area contributed by atoms with Crippen LogP contribution in [0.4, 0.5) is 10.5 Å². The van der Waals surface area contributed by atoms with Gasteiger partial charge in [0.05, 0.1) is 17.4 Å². The molecule has 1 aliphatic heterocycles. The fourth-order valence-electron chi connectivity index (χ4n) is 3.49. The lowest BCUT2D eigenvalue weighted by molar-refractivity contribution is 0.102. The van der Waals surface area contributed by atoms with Gasteiger partial charge in [0.1, 0.15) is 5.82 Å². The number of aromatic nitrogens is 4. The van der Waals surface area contributed by atoms with Crippen molar-refractivity contribution in [2.24, 2.45) is 0 Å². The molecule has 4 rings (SSSR count). The van der Waals surface area contributed by atoms with E-state index in [4.69, 9.17) is 0 Å². The minimum Gasteiger partial charge on any atom is -0.331 e. The first kappa shape index (κ1) is 18.9. The first-order valence-electron chi connectivity index (χ1n) is 9.47. The van der Waals surface area contributed by atoms with Crippen LogP contribution in [0.15, 0.2) is 36.7 Å². The van der Waals surface area contributed by atoms with Gasteiger partial charge in [0.25, 0.3) is 5.91 Å². The van der Waals surface area contributed by atoms with Gasteiger partial charge >= 0.3 is 6.03 Å². The van der Waals surface area contributed by atoms with Crippen LogP contribution in [0.3, 0.4) is 0 Å². The van der Waals surface area contributed by atoms with E-state index in [1.54, 1.807) is 43.5 Å². The van der Waals surface area contributed by atoms with Crippen LogP contribution < -0.4 is 5.32 Å². The van der Waals surface area contributed by atoms with Gasteiger partial charge in [-0.15, -0.1) is 10.2 Å². The summed E-state index contributed by atoms with van der Waals surface area (Å²) in [4.78, 5) is 32.5. The Labute approximate surface area is 168 Å². The van der Waals surface area contributed by atoms with E-state index in [9.17, 15) is 9.59 Å². The molecule has 0 aromatic carbocycles. The lowest BCUT2D eigenvalue weighted by Crippen LogP contribution is -2.37. The average Bonchev–Trinajstić information content (AvgIpc) is 3.35. The number of fused-ring (bicyclic) bond motifs is 1. The second-order valence-corrected chi connectivity index (χ2v) is 7.46. The third kappa shape index (κ3) is 3.75. The van der Waals surface area contributed by atoms with Crippen molar-refractivity contribution in [2.45, 2.75) is 19.3 Å². The molecular formula is C20H23N7O2. The van der Waals surface area contributed by atoms with Gasteiger partial charge in [0.15, 0.2) is 5.65 Å². The molecule has 1 saturated heterocycles. The third-order valence-corrected chi connectivity index (χ3v) is 5.07. The number of aryl methyl sites for hydroxylation is 1. The lowest BCUT2D eigenvalue weighted by atomic mass is 10.1. The summed E-state index contributed by atoms with van der Waals surface area (Å²) in [6, 6.07) is 7.15. The van der Waals surface area contributed by atoms with Crippen LogP contribution in [0.1, 0.15) is 34.2 Å². The summed E-state index contributed by atoms with van der Waals surface area (Å²) in [6.45, 7) is 3.16.